The van der Waals surface area contributed by atoms with Gasteiger partial charge in [0.25, 0.3) is 0 Å². The van der Waals surface area contributed by atoms with Crippen LogP contribution in [0.3, 0.4) is 0 Å². The Labute approximate surface area is 124 Å². The lowest BCUT2D eigenvalue weighted by Gasteiger charge is -2.30. The van der Waals surface area contributed by atoms with Crippen LogP contribution in [0.15, 0.2) is 12.1 Å². The number of piperidine rings is 1. The standard InChI is InChI=1S/C15H21N3O3/c1-10-2-4-18(5-3-10)15(19)17-12-9-14-13(8-11(12)16)20-6-7-21-14/h8-10H,2-7,16H2,1H3,(H,17,19). The second kappa shape index (κ2) is 5.71. The molecule has 6 heteroatoms. The van der Waals surface area contributed by atoms with Crippen LogP contribution in [-0.2, 0) is 0 Å². The van der Waals surface area contributed by atoms with Crippen LogP contribution in [0.1, 0.15) is 19.8 Å². The minimum Gasteiger partial charge on any atom is -0.486 e. The molecule has 3 rings (SSSR count). The van der Waals surface area contributed by atoms with Crippen LogP contribution in [-0.4, -0.2) is 37.2 Å². The molecule has 1 fully saturated rings. The number of nitrogens with two attached hydrogens (primary N) is 1. The Hall–Kier alpha value is -2.11. The van der Waals surface area contributed by atoms with Crippen molar-refractivity contribution in [2.24, 2.45) is 5.92 Å². The average molecular weight is 291 g/mol. The van der Waals surface area contributed by atoms with E-state index in [1.807, 2.05) is 4.90 Å². The summed E-state index contributed by atoms with van der Waals surface area (Å²) in [4.78, 5) is 14.1. The number of likely N-dealkylation sites (tertiary alicyclic amines) is 1. The highest BCUT2D eigenvalue weighted by Gasteiger charge is 2.22. The monoisotopic (exact) mass is 291 g/mol. The Morgan fingerprint density at radius 2 is 1.86 bits per heavy atom. The van der Waals surface area contributed by atoms with Gasteiger partial charge in [-0.1, -0.05) is 6.92 Å². The lowest BCUT2D eigenvalue weighted by Crippen LogP contribution is -2.40. The first-order valence-electron chi connectivity index (χ1n) is 7.38. The number of fused-ring (bicyclic) bond motifs is 1. The largest absolute Gasteiger partial charge is 0.486 e. The number of nitrogens with one attached hydrogen (secondary N) is 1. The van der Waals surface area contributed by atoms with E-state index in [9.17, 15) is 4.79 Å². The third kappa shape index (κ3) is 2.99. The number of carbonyl (C=O) groups excluding carboxylic acids is 1. The van der Waals surface area contributed by atoms with Crippen LogP contribution in [0.2, 0.25) is 0 Å². The Kier molecular flexibility index (Phi) is 3.77. The van der Waals surface area contributed by atoms with Crippen LogP contribution >= 0.6 is 0 Å². The van der Waals surface area contributed by atoms with E-state index >= 15 is 0 Å². The zero-order valence-electron chi connectivity index (χ0n) is 12.2. The Morgan fingerprint density at radius 3 is 2.52 bits per heavy atom. The maximum absolute atomic E-state index is 12.3. The van der Waals surface area contributed by atoms with E-state index in [-0.39, 0.29) is 6.03 Å². The summed E-state index contributed by atoms with van der Waals surface area (Å²) in [5.41, 5.74) is 7.03. The number of urea groups is 1. The number of carbonyl (C=O) groups is 1. The molecule has 0 bridgehead atoms. The second-order valence-corrected chi connectivity index (χ2v) is 5.68. The van der Waals surface area contributed by atoms with Gasteiger partial charge in [-0.3, -0.25) is 0 Å². The lowest BCUT2D eigenvalue weighted by molar-refractivity contribution is 0.171. The van der Waals surface area contributed by atoms with Crippen molar-refractivity contribution in [1.29, 1.82) is 0 Å². The molecular formula is C15H21N3O3. The van der Waals surface area contributed by atoms with Crippen molar-refractivity contribution in [3.8, 4) is 11.5 Å². The number of hydrogen-bond acceptors (Lipinski definition) is 4. The average Bonchev–Trinajstić information content (AvgIpc) is 2.48. The van der Waals surface area contributed by atoms with Gasteiger partial charge in [0.2, 0.25) is 0 Å². The summed E-state index contributed by atoms with van der Waals surface area (Å²) in [6.45, 7) is 4.82. The van der Waals surface area contributed by atoms with Crippen molar-refractivity contribution in [2.75, 3.05) is 37.4 Å². The molecule has 0 aliphatic carbocycles. The number of nitrogen functional groups attached to an aromatic ring is 1. The van der Waals surface area contributed by atoms with E-state index in [2.05, 4.69) is 12.2 Å². The summed E-state index contributed by atoms with van der Waals surface area (Å²) in [6, 6.07) is 3.32. The Balaban J connectivity index is 1.71. The van der Waals surface area contributed by atoms with Gasteiger partial charge < -0.3 is 25.4 Å². The molecule has 0 atom stereocenters. The van der Waals surface area contributed by atoms with Gasteiger partial charge in [-0.15, -0.1) is 0 Å². The normalized spacial score (nSPS) is 18.4. The predicted molar refractivity (Wildman–Crippen MR) is 80.8 cm³/mol. The van der Waals surface area contributed by atoms with Gasteiger partial charge in [-0.2, -0.15) is 0 Å². The third-order valence-electron chi connectivity index (χ3n) is 4.03. The fourth-order valence-corrected chi connectivity index (χ4v) is 2.62. The summed E-state index contributed by atoms with van der Waals surface area (Å²) in [6.07, 6.45) is 2.09. The van der Waals surface area contributed by atoms with Crippen molar-refractivity contribution in [3.63, 3.8) is 0 Å². The van der Waals surface area contributed by atoms with Crippen LogP contribution in [0.25, 0.3) is 0 Å². The second-order valence-electron chi connectivity index (χ2n) is 5.68. The SMILES string of the molecule is CC1CCN(C(=O)Nc2cc3c(cc2N)OCCO3)CC1. The number of amides is 2. The highest BCUT2D eigenvalue weighted by atomic mass is 16.6. The van der Waals surface area contributed by atoms with Gasteiger partial charge >= 0.3 is 6.03 Å². The molecule has 0 aromatic heterocycles. The summed E-state index contributed by atoms with van der Waals surface area (Å²) in [7, 11) is 0. The molecule has 6 nitrogen and oxygen atoms in total. The van der Waals surface area contributed by atoms with E-state index in [0.717, 1.165) is 25.9 Å². The van der Waals surface area contributed by atoms with Crippen LogP contribution in [0.4, 0.5) is 16.2 Å². The first kappa shape index (κ1) is 13.9. The molecule has 114 valence electrons. The number of anilines is 2. The van der Waals surface area contributed by atoms with Crippen LogP contribution in [0.5, 0.6) is 11.5 Å². The lowest BCUT2D eigenvalue weighted by atomic mass is 10.00. The van der Waals surface area contributed by atoms with E-state index in [1.165, 1.54) is 0 Å². The molecule has 1 saturated heterocycles. The van der Waals surface area contributed by atoms with E-state index in [0.29, 0.717) is 42.0 Å². The molecule has 3 N–H and O–H groups in total. The smallest absolute Gasteiger partial charge is 0.321 e. The number of rotatable bonds is 1. The van der Waals surface area contributed by atoms with Gasteiger partial charge in [-0.25, -0.2) is 4.79 Å². The molecule has 2 amide bonds. The first-order valence-corrected chi connectivity index (χ1v) is 7.38. The maximum Gasteiger partial charge on any atom is 0.321 e. The molecule has 2 heterocycles. The van der Waals surface area contributed by atoms with Gasteiger partial charge in [0.15, 0.2) is 11.5 Å². The molecule has 1 aromatic rings. The first-order chi connectivity index (χ1) is 10.1. The minimum atomic E-state index is -0.106. The van der Waals surface area contributed by atoms with Crippen molar-refractivity contribution in [1.82, 2.24) is 4.90 Å². The quantitative estimate of drug-likeness (QED) is 0.778. The van der Waals surface area contributed by atoms with Crippen LogP contribution < -0.4 is 20.5 Å². The highest BCUT2D eigenvalue weighted by Crippen LogP contribution is 2.37. The Morgan fingerprint density at radius 1 is 1.24 bits per heavy atom. The molecule has 0 radical (unpaired) electrons. The topological polar surface area (TPSA) is 76.8 Å². The number of hydrogen-bond donors (Lipinski definition) is 2. The zero-order valence-corrected chi connectivity index (χ0v) is 12.2. The molecule has 0 saturated carbocycles. The predicted octanol–water partition coefficient (Wildman–Crippen LogP) is 2.30. The van der Waals surface area contributed by atoms with Crippen molar-refractivity contribution < 1.29 is 14.3 Å². The van der Waals surface area contributed by atoms with Gasteiger partial charge in [-0.05, 0) is 18.8 Å². The van der Waals surface area contributed by atoms with Gasteiger partial charge in [0.05, 0.1) is 11.4 Å². The van der Waals surface area contributed by atoms with Gasteiger partial charge in [0.1, 0.15) is 13.2 Å². The number of benzene rings is 1. The molecule has 2 aliphatic rings. The van der Waals surface area contributed by atoms with E-state index in [1.54, 1.807) is 12.1 Å². The Bertz CT molecular complexity index is 539. The summed E-state index contributed by atoms with van der Waals surface area (Å²) < 4.78 is 11.0. The van der Waals surface area contributed by atoms with E-state index < -0.39 is 0 Å². The molecular weight excluding hydrogens is 270 g/mol. The number of ether oxygens (including phenoxy) is 2. The third-order valence-corrected chi connectivity index (χ3v) is 4.03. The number of nitrogens with zero attached hydrogens (tertiary/aromatic N) is 1. The molecule has 1 aromatic carbocycles. The molecule has 21 heavy (non-hydrogen) atoms. The summed E-state index contributed by atoms with van der Waals surface area (Å²) in [5, 5.41) is 2.87. The summed E-state index contributed by atoms with van der Waals surface area (Å²) in [5.74, 6) is 1.94. The maximum atomic E-state index is 12.3. The fourth-order valence-electron chi connectivity index (χ4n) is 2.62. The van der Waals surface area contributed by atoms with Crippen molar-refractivity contribution in [2.45, 2.75) is 19.8 Å². The molecule has 0 spiro atoms. The summed E-state index contributed by atoms with van der Waals surface area (Å²) >= 11 is 0. The van der Waals surface area contributed by atoms with Gasteiger partial charge in [0, 0.05) is 25.2 Å². The zero-order chi connectivity index (χ0) is 14.8. The minimum absolute atomic E-state index is 0.106. The highest BCUT2D eigenvalue weighted by molar-refractivity contribution is 5.93. The van der Waals surface area contributed by atoms with Crippen molar-refractivity contribution >= 4 is 17.4 Å². The van der Waals surface area contributed by atoms with Crippen molar-refractivity contribution in [3.05, 3.63) is 12.1 Å². The fraction of sp³-hybridized carbons (Fsp3) is 0.533. The molecule has 2 aliphatic heterocycles. The van der Waals surface area contributed by atoms with E-state index in [4.69, 9.17) is 15.2 Å². The molecule has 0 unspecified atom stereocenters. The van der Waals surface area contributed by atoms with Crippen LogP contribution in [0, 0.1) is 5.92 Å².